The van der Waals surface area contributed by atoms with Crippen molar-refractivity contribution < 1.29 is 4.84 Å². The Labute approximate surface area is 121 Å². The highest BCUT2D eigenvalue weighted by Gasteiger charge is 2.02. The molecule has 0 rings (SSSR count). The van der Waals surface area contributed by atoms with Gasteiger partial charge < -0.3 is 4.84 Å². The molecule has 0 unspecified atom stereocenters. The summed E-state index contributed by atoms with van der Waals surface area (Å²) in [5, 5.41) is 2.15. The van der Waals surface area contributed by atoms with Crippen molar-refractivity contribution >= 4 is 0 Å². The molecule has 0 N–H and O–H groups in total. The average molecular weight is 271 g/mol. The van der Waals surface area contributed by atoms with Gasteiger partial charge in [-0.2, -0.15) is 5.06 Å². The zero-order chi connectivity index (χ0) is 14.2. The van der Waals surface area contributed by atoms with Crippen molar-refractivity contribution in [2.75, 3.05) is 20.2 Å². The fraction of sp³-hybridized carbons (Fsp3) is 1.00. The van der Waals surface area contributed by atoms with E-state index in [9.17, 15) is 0 Å². The Kier molecular flexibility index (Phi) is 15.9. The molecule has 2 nitrogen and oxygen atoms in total. The van der Waals surface area contributed by atoms with Crippen molar-refractivity contribution in [3.05, 3.63) is 0 Å². The van der Waals surface area contributed by atoms with Gasteiger partial charge in [0.2, 0.25) is 0 Å². The highest BCUT2D eigenvalue weighted by molar-refractivity contribution is 4.51. The molecule has 0 aromatic rings. The largest absolute Gasteiger partial charge is 0.302 e. The third kappa shape index (κ3) is 14.1. The molecule has 116 valence electrons. The van der Waals surface area contributed by atoms with Gasteiger partial charge in [0, 0.05) is 13.1 Å². The van der Waals surface area contributed by atoms with E-state index in [1.165, 1.54) is 77.0 Å². The molecule has 19 heavy (non-hydrogen) atoms. The number of hydroxylamine groups is 2. The van der Waals surface area contributed by atoms with Gasteiger partial charge in [-0.25, -0.2) is 0 Å². The fourth-order valence-corrected chi connectivity index (χ4v) is 2.43. The average Bonchev–Trinajstić information content (AvgIpc) is 2.44. The Hall–Kier alpha value is -0.0800. The van der Waals surface area contributed by atoms with Gasteiger partial charge >= 0.3 is 0 Å². The third-order valence-electron chi connectivity index (χ3n) is 3.78. The lowest BCUT2D eigenvalue weighted by Gasteiger charge is -2.19. The topological polar surface area (TPSA) is 12.5 Å². The van der Waals surface area contributed by atoms with E-state index in [-0.39, 0.29) is 0 Å². The third-order valence-corrected chi connectivity index (χ3v) is 3.78. The zero-order valence-electron chi connectivity index (χ0n) is 13.8. The van der Waals surface area contributed by atoms with Crippen molar-refractivity contribution in [3.63, 3.8) is 0 Å². The fourth-order valence-electron chi connectivity index (χ4n) is 2.43. The summed E-state index contributed by atoms with van der Waals surface area (Å²) >= 11 is 0. The number of rotatable bonds is 15. The van der Waals surface area contributed by atoms with Gasteiger partial charge in [0.1, 0.15) is 0 Å². The van der Waals surface area contributed by atoms with E-state index in [1.807, 2.05) is 7.11 Å². The van der Waals surface area contributed by atoms with Crippen LogP contribution in [-0.2, 0) is 4.84 Å². The van der Waals surface area contributed by atoms with Gasteiger partial charge in [0.25, 0.3) is 0 Å². The van der Waals surface area contributed by atoms with Gasteiger partial charge in [0.05, 0.1) is 7.11 Å². The lowest BCUT2D eigenvalue weighted by molar-refractivity contribution is -0.132. The molecule has 0 aliphatic carbocycles. The van der Waals surface area contributed by atoms with Crippen molar-refractivity contribution in [3.8, 4) is 0 Å². The first-order valence-corrected chi connectivity index (χ1v) is 8.64. The van der Waals surface area contributed by atoms with Gasteiger partial charge in [-0.05, 0) is 12.8 Å². The van der Waals surface area contributed by atoms with Crippen molar-refractivity contribution in [2.45, 2.75) is 90.9 Å². The van der Waals surface area contributed by atoms with Crippen LogP contribution in [0.15, 0.2) is 0 Å². The summed E-state index contributed by atoms with van der Waals surface area (Å²) in [5.74, 6) is 0. The Morgan fingerprint density at radius 3 is 1.32 bits per heavy atom. The Morgan fingerprint density at radius 2 is 0.947 bits per heavy atom. The van der Waals surface area contributed by atoms with Crippen LogP contribution in [-0.4, -0.2) is 25.3 Å². The number of hydrogen-bond donors (Lipinski definition) is 0. The van der Waals surface area contributed by atoms with Gasteiger partial charge in [-0.1, -0.05) is 78.1 Å². The molecule has 0 aliphatic rings. The lowest BCUT2D eigenvalue weighted by atomic mass is 10.1. The van der Waals surface area contributed by atoms with Crippen molar-refractivity contribution in [2.24, 2.45) is 0 Å². The van der Waals surface area contributed by atoms with Crippen LogP contribution in [0.3, 0.4) is 0 Å². The van der Waals surface area contributed by atoms with E-state index in [0.29, 0.717) is 0 Å². The summed E-state index contributed by atoms with van der Waals surface area (Å²) in [6.45, 7) is 6.76. The molecule has 0 amide bonds. The van der Waals surface area contributed by atoms with Crippen LogP contribution in [0.1, 0.15) is 90.9 Å². The molecule has 0 fully saturated rings. The first kappa shape index (κ1) is 18.9. The van der Waals surface area contributed by atoms with E-state index in [2.05, 4.69) is 18.9 Å². The zero-order valence-corrected chi connectivity index (χ0v) is 13.8. The highest BCUT2D eigenvalue weighted by atomic mass is 16.7. The molecule has 0 aromatic carbocycles. The second-order valence-corrected chi connectivity index (χ2v) is 5.65. The first-order chi connectivity index (χ1) is 9.35. The second kappa shape index (κ2) is 16.0. The summed E-state index contributed by atoms with van der Waals surface area (Å²) in [4.78, 5) is 5.44. The van der Waals surface area contributed by atoms with Crippen LogP contribution in [0.5, 0.6) is 0 Å². The molecular formula is C17H37NO. The molecule has 2 heteroatoms. The van der Waals surface area contributed by atoms with Crippen molar-refractivity contribution in [1.29, 1.82) is 0 Å². The van der Waals surface area contributed by atoms with E-state index >= 15 is 0 Å². The highest BCUT2D eigenvalue weighted by Crippen LogP contribution is 2.08. The molecule has 0 heterocycles. The van der Waals surface area contributed by atoms with E-state index < -0.39 is 0 Å². The first-order valence-electron chi connectivity index (χ1n) is 8.64. The van der Waals surface area contributed by atoms with Crippen LogP contribution in [0.4, 0.5) is 0 Å². The molecule has 0 bridgehead atoms. The summed E-state index contributed by atoms with van der Waals surface area (Å²) < 4.78 is 0. The standard InChI is InChI=1S/C17H37NO/c1-4-6-8-10-12-14-16-18(19-3)17-15-13-11-9-7-5-2/h4-17H2,1-3H3. The summed E-state index contributed by atoms with van der Waals surface area (Å²) in [6, 6.07) is 0. The molecule has 0 spiro atoms. The molecule has 0 aliphatic heterocycles. The molecule has 0 saturated heterocycles. The molecule has 0 atom stereocenters. The van der Waals surface area contributed by atoms with E-state index in [1.54, 1.807) is 0 Å². The van der Waals surface area contributed by atoms with E-state index in [0.717, 1.165) is 13.1 Å². The maximum absolute atomic E-state index is 5.44. The number of nitrogens with zero attached hydrogens (tertiary/aromatic N) is 1. The van der Waals surface area contributed by atoms with Crippen LogP contribution in [0, 0.1) is 0 Å². The SMILES string of the molecule is CCCCCCCCN(CCCCCCCC)OC. The lowest BCUT2D eigenvalue weighted by Crippen LogP contribution is -2.24. The predicted octanol–water partition coefficient (Wildman–Crippen LogP) is 5.57. The smallest absolute Gasteiger partial charge is 0.0575 e. The minimum atomic E-state index is 1.11. The second-order valence-electron chi connectivity index (χ2n) is 5.65. The summed E-state index contributed by atoms with van der Waals surface area (Å²) in [7, 11) is 1.81. The Bertz CT molecular complexity index is 145. The normalized spacial score (nSPS) is 11.4. The van der Waals surface area contributed by atoms with Crippen LogP contribution < -0.4 is 0 Å². The maximum Gasteiger partial charge on any atom is 0.0575 e. The van der Waals surface area contributed by atoms with Gasteiger partial charge in [-0.15, -0.1) is 0 Å². The summed E-state index contributed by atoms with van der Waals surface area (Å²) in [5.41, 5.74) is 0. The molecule has 0 radical (unpaired) electrons. The minimum Gasteiger partial charge on any atom is -0.302 e. The number of unbranched alkanes of at least 4 members (excludes halogenated alkanes) is 10. The van der Waals surface area contributed by atoms with Crippen LogP contribution >= 0.6 is 0 Å². The molecule has 0 aromatic heterocycles. The summed E-state index contributed by atoms with van der Waals surface area (Å²) in [6.07, 6.45) is 16.3. The van der Waals surface area contributed by atoms with Gasteiger partial charge in [0.15, 0.2) is 0 Å². The van der Waals surface area contributed by atoms with Gasteiger partial charge in [-0.3, -0.25) is 0 Å². The monoisotopic (exact) mass is 271 g/mol. The van der Waals surface area contributed by atoms with E-state index in [4.69, 9.17) is 4.84 Å². The van der Waals surface area contributed by atoms with Crippen molar-refractivity contribution in [1.82, 2.24) is 5.06 Å². The van der Waals surface area contributed by atoms with Crippen LogP contribution in [0.2, 0.25) is 0 Å². The van der Waals surface area contributed by atoms with Crippen LogP contribution in [0.25, 0.3) is 0 Å². The number of hydrogen-bond acceptors (Lipinski definition) is 2. The maximum atomic E-state index is 5.44. The quantitative estimate of drug-likeness (QED) is 0.285. The Balaban J connectivity index is 3.30. The molecule has 0 saturated carbocycles. The molecular weight excluding hydrogens is 234 g/mol. The Morgan fingerprint density at radius 1 is 0.579 bits per heavy atom. The minimum absolute atomic E-state index is 1.11. The predicted molar refractivity (Wildman–Crippen MR) is 85.3 cm³/mol.